The Balaban J connectivity index is 1.89. The Morgan fingerprint density at radius 3 is 2.71 bits per heavy atom. The largest absolute Gasteiger partial charge is 0.409 e. The molecule has 0 amide bonds. The van der Waals surface area contributed by atoms with Gasteiger partial charge >= 0.3 is 0 Å². The van der Waals surface area contributed by atoms with Gasteiger partial charge in [0.15, 0.2) is 5.84 Å². The quantitative estimate of drug-likeness (QED) is 0.287. The smallest absolute Gasteiger partial charge is 0.173 e. The number of aliphatic hydroxyl groups excluding tert-OH is 1. The van der Waals surface area contributed by atoms with Crippen molar-refractivity contribution in [2.45, 2.75) is 38.3 Å². The summed E-state index contributed by atoms with van der Waals surface area (Å²) >= 11 is 0. The van der Waals surface area contributed by atoms with Crippen LogP contribution in [0.25, 0.3) is 0 Å². The van der Waals surface area contributed by atoms with Crippen LogP contribution in [0.3, 0.4) is 0 Å². The van der Waals surface area contributed by atoms with Crippen LogP contribution in [-0.2, 0) is 6.54 Å². The zero-order chi connectivity index (χ0) is 15.2. The molecule has 116 valence electrons. The molecule has 6 heteroatoms. The highest BCUT2D eigenvalue weighted by Gasteiger charge is 2.19. The van der Waals surface area contributed by atoms with Crippen LogP contribution in [0.1, 0.15) is 36.8 Å². The lowest BCUT2D eigenvalue weighted by molar-refractivity contribution is 0.108. The third-order valence-corrected chi connectivity index (χ3v) is 4.03. The molecular weight excluding hydrogens is 273 g/mol. The standard InChI is InChI=1S/C15H22FN3O2/c16-14-11(2-1-3-13(14)15(17)19-21)9-18-8-10-4-6-12(20)7-5-10/h1-3,10,12,18,20-21H,4-9H2,(H2,17,19). The van der Waals surface area contributed by atoms with E-state index in [1.807, 2.05) is 0 Å². The molecule has 0 heterocycles. The average Bonchev–Trinajstić information content (AvgIpc) is 2.50. The highest BCUT2D eigenvalue weighted by molar-refractivity contribution is 5.97. The first-order valence-corrected chi connectivity index (χ1v) is 7.26. The number of nitrogens with two attached hydrogens (primary N) is 1. The Morgan fingerprint density at radius 1 is 1.33 bits per heavy atom. The Hall–Kier alpha value is -1.66. The Labute approximate surface area is 123 Å². The van der Waals surface area contributed by atoms with E-state index in [0.717, 1.165) is 32.2 Å². The van der Waals surface area contributed by atoms with Gasteiger partial charge in [0, 0.05) is 12.1 Å². The number of benzene rings is 1. The molecule has 0 aliphatic heterocycles. The van der Waals surface area contributed by atoms with E-state index < -0.39 is 5.82 Å². The first-order valence-electron chi connectivity index (χ1n) is 7.26. The van der Waals surface area contributed by atoms with E-state index in [1.165, 1.54) is 6.07 Å². The van der Waals surface area contributed by atoms with Gasteiger partial charge in [-0.1, -0.05) is 17.3 Å². The lowest BCUT2D eigenvalue weighted by atomic mass is 9.87. The lowest BCUT2D eigenvalue weighted by Gasteiger charge is -2.25. The van der Waals surface area contributed by atoms with Crippen molar-refractivity contribution in [1.29, 1.82) is 0 Å². The zero-order valence-electron chi connectivity index (χ0n) is 11.9. The molecule has 1 aromatic carbocycles. The van der Waals surface area contributed by atoms with Gasteiger partial charge in [0.05, 0.1) is 11.7 Å². The maximum absolute atomic E-state index is 14.2. The number of rotatable bonds is 5. The summed E-state index contributed by atoms with van der Waals surface area (Å²) in [6, 6.07) is 4.85. The van der Waals surface area contributed by atoms with Gasteiger partial charge in [-0.25, -0.2) is 4.39 Å². The predicted molar refractivity (Wildman–Crippen MR) is 78.6 cm³/mol. The number of oxime groups is 1. The molecule has 2 rings (SSSR count). The van der Waals surface area contributed by atoms with Crippen LogP contribution in [0, 0.1) is 11.7 Å². The average molecular weight is 295 g/mol. The summed E-state index contributed by atoms with van der Waals surface area (Å²) in [5.74, 6) is -0.154. The molecule has 0 bridgehead atoms. The molecule has 0 aromatic heterocycles. The van der Waals surface area contributed by atoms with Crippen molar-refractivity contribution in [3.63, 3.8) is 0 Å². The van der Waals surface area contributed by atoms with Crippen LogP contribution in [-0.4, -0.2) is 28.8 Å². The number of aliphatic hydroxyl groups is 1. The highest BCUT2D eigenvalue weighted by Crippen LogP contribution is 2.23. The van der Waals surface area contributed by atoms with Gasteiger partial charge in [-0.05, 0) is 44.2 Å². The highest BCUT2D eigenvalue weighted by atomic mass is 19.1. The first kappa shape index (κ1) is 15.7. The maximum Gasteiger partial charge on any atom is 0.173 e. The molecule has 1 aliphatic carbocycles. The SMILES string of the molecule is N/C(=N/O)c1cccc(CNCC2CCC(O)CC2)c1F. The van der Waals surface area contributed by atoms with Gasteiger partial charge in [0.1, 0.15) is 5.82 Å². The summed E-state index contributed by atoms with van der Waals surface area (Å²) in [4.78, 5) is 0. The van der Waals surface area contributed by atoms with Crippen LogP contribution in [0.2, 0.25) is 0 Å². The van der Waals surface area contributed by atoms with Crippen molar-refractivity contribution < 1.29 is 14.7 Å². The molecule has 1 fully saturated rings. The molecule has 0 spiro atoms. The minimum Gasteiger partial charge on any atom is -0.409 e. The maximum atomic E-state index is 14.2. The summed E-state index contributed by atoms with van der Waals surface area (Å²) in [7, 11) is 0. The van der Waals surface area contributed by atoms with E-state index in [2.05, 4.69) is 10.5 Å². The van der Waals surface area contributed by atoms with Crippen LogP contribution in [0.15, 0.2) is 23.4 Å². The van der Waals surface area contributed by atoms with Crippen molar-refractivity contribution in [3.05, 3.63) is 35.1 Å². The fourth-order valence-electron chi connectivity index (χ4n) is 2.73. The molecule has 1 saturated carbocycles. The molecule has 5 N–H and O–H groups in total. The number of nitrogens with one attached hydrogen (secondary N) is 1. The normalized spacial score (nSPS) is 23.2. The van der Waals surface area contributed by atoms with Crippen molar-refractivity contribution in [1.82, 2.24) is 5.32 Å². The monoisotopic (exact) mass is 295 g/mol. The molecule has 0 atom stereocenters. The second-order valence-corrected chi connectivity index (χ2v) is 5.57. The third kappa shape index (κ3) is 4.15. The number of hydrogen-bond acceptors (Lipinski definition) is 4. The van der Waals surface area contributed by atoms with Crippen molar-refractivity contribution in [2.24, 2.45) is 16.8 Å². The molecular formula is C15H22FN3O2. The van der Waals surface area contributed by atoms with Crippen LogP contribution < -0.4 is 11.1 Å². The number of halogens is 1. The Bertz CT molecular complexity index is 500. The lowest BCUT2D eigenvalue weighted by Crippen LogP contribution is -2.28. The van der Waals surface area contributed by atoms with E-state index in [0.29, 0.717) is 18.0 Å². The third-order valence-electron chi connectivity index (χ3n) is 4.03. The van der Waals surface area contributed by atoms with Gasteiger partial charge in [-0.3, -0.25) is 0 Å². The van der Waals surface area contributed by atoms with Gasteiger partial charge < -0.3 is 21.4 Å². The van der Waals surface area contributed by atoms with E-state index in [-0.39, 0.29) is 17.5 Å². The predicted octanol–water partition coefficient (Wildman–Crippen LogP) is 1.56. The summed E-state index contributed by atoms with van der Waals surface area (Å²) in [5.41, 5.74) is 6.04. The second kappa shape index (κ2) is 7.38. The fourth-order valence-corrected chi connectivity index (χ4v) is 2.73. The Morgan fingerprint density at radius 2 is 2.05 bits per heavy atom. The molecule has 1 aromatic rings. The molecule has 1 aliphatic rings. The van der Waals surface area contributed by atoms with Gasteiger partial charge in [-0.2, -0.15) is 0 Å². The zero-order valence-corrected chi connectivity index (χ0v) is 11.9. The van der Waals surface area contributed by atoms with Crippen molar-refractivity contribution in [3.8, 4) is 0 Å². The minimum atomic E-state index is -0.459. The molecule has 0 radical (unpaired) electrons. The van der Waals surface area contributed by atoms with Crippen LogP contribution >= 0.6 is 0 Å². The second-order valence-electron chi connectivity index (χ2n) is 5.57. The number of hydrogen-bond donors (Lipinski definition) is 4. The molecule has 21 heavy (non-hydrogen) atoms. The fraction of sp³-hybridized carbons (Fsp3) is 0.533. The van der Waals surface area contributed by atoms with Gasteiger partial charge in [-0.15, -0.1) is 0 Å². The summed E-state index contributed by atoms with van der Waals surface area (Å²) < 4.78 is 14.2. The van der Waals surface area contributed by atoms with E-state index >= 15 is 0 Å². The first-order chi connectivity index (χ1) is 10.1. The summed E-state index contributed by atoms with van der Waals surface area (Å²) in [6.45, 7) is 1.21. The Kier molecular flexibility index (Phi) is 5.52. The summed E-state index contributed by atoms with van der Waals surface area (Å²) in [5, 5.41) is 24.2. The van der Waals surface area contributed by atoms with Crippen LogP contribution in [0.4, 0.5) is 4.39 Å². The number of amidine groups is 1. The van der Waals surface area contributed by atoms with E-state index in [9.17, 15) is 9.50 Å². The minimum absolute atomic E-state index is 0.109. The molecule has 0 unspecified atom stereocenters. The summed E-state index contributed by atoms with van der Waals surface area (Å²) in [6.07, 6.45) is 3.54. The van der Waals surface area contributed by atoms with Crippen molar-refractivity contribution >= 4 is 5.84 Å². The topological polar surface area (TPSA) is 90.9 Å². The van der Waals surface area contributed by atoms with Crippen molar-refractivity contribution in [2.75, 3.05) is 6.54 Å². The number of nitrogens with zero attached hydrogens (tertiary/aromatic N) is 1. The van der Waals surface area contributed by atoms with Gasteiger partial charge in [0.2, 0.25) is 0 Å². The van der Waals surface area contributed by atoms with E-state index in [4.69, 9.17) is 10.9 Å². The van der Waals surface area contributed by atoms with Gasteiger partial charge in [0.25, 0.3) is 0 Å². The molecule has 0 saturated heterocycles. The molecule has 5 nitrogen and oxygen atoms in total. The van der Waals surface area contributed by atoms with Crippen LogP contribution in [0.5, 0.6) is 0 Å². The van der Waals surface area contributed by atoms with E-state index in [1.54, 1.807) is 12.1 Å².